The van der Waals surface area contributed by atoms with E-state index in [1.807, 2.05) is 0 Å². The first kappa shape index (κ1) is 8.89. The van der Waals surface area contributed by atoms with Crippen LogP contribution in [0.3, 0.4) is 0 Å². The molecule has 0 aromatic heterocycles. The predicted octanol–water partition coefficient (Wildman–Crippen LogP) is -1.22. The van der Waals surface area contributed by atoms with Crippen molar-refractivity contribution in [2.45, 2.75) is 0 Å². The average molecular weight is 144 g/mol. The first-order valence-corrected chi connectivity index (χ1v) is 1.32. The molecule has 2 N–H and O–H groups in total. The van der Waals surface area contributed by atoms with Crippen molar-refractivity contribution in [3.63, 3.8) is 0 Å². The molecule has 0 aromatic carbocycles. The fourth-order valence-corrected chi connectivity index (χ4v) is 0. The van der Waals surface area contributed by atoms with E-state index in [1.165, 1.54) is 22.8 Å². The van der Waals surface area contributed by atoms with E-state index < -0.39 is 0 Å². The summed E-state index contributed by atoms with van der Waals surface area (Å²) in [5.74, 6) is 0. The van der Waals surface area contributed by atoms with E-state index >= 15 is 0 Å². The van der Waals surface area contributed by atoms with Crippen LogP contribution in [0, 0.1) is 0 Å². The van der Waals surface area contributed by atoms with Gasteiger partial charge in [0.05, 0.1) is 0 Å². The van der Waals surface area contributed by atoms with E-state index in [9.17, 15) is 0 Å². The van der Waals surface area contributed by atoms with Crippen molar-refractivity contribution in [3.8, 4) is 0 Å². The summed E-state index contributed by atoms with van der Waals surface area (Å²) >= 11 is 1.48. The first-order valence-electron chi connectivity index (χ1n) is 0.393. The van der Waals surface area contributed by atoms with Crippen LogP contribution in [0.1, 0.15) is 0 Å². The minimum absolute atomic E-state index is 0. The Kier molecular flexibility index (Phi) is 24.0. The van der Waals surface area contributed by atoms with E-state index in [0.29, 0.717) is 0 Å². The average Bonchev–Trinajstić information content (AvgIpc) is 0.918. The molecule has 0 saturated carbocycles. The molecule has 0 aliphatic rings. The Balaban J connectivity index is 0. The van der Waals surface area contributed by atoms with Crippen LogP contribution < -0.4 is 0 Å². The molecule has 0 atom stereocenters. The SMILES string of the molecule is O.O=[C]=[Tc]. The molecule has 0 aliphatic heterocycles. The van der Waals surface area contributed by atoms with Gasteiger partial charge in [-0.1, -0.05) is 0 Å². The van der Waals surface area contributed by atoms with Crippen molar-refractivity contribution in [1.82, 2.24) is 0 Å². The minimum atomic E-state index is 0. The zero-order chi connectivity index (χ0) is 2.71. The Morgan fingerprint density at radius 2 is 1.75 bits per heavy atom. The van der Waals surface area contributed by atoms with Gasteiger partial charge < -0.3 is 5.48 Å². The zero-order valence-corrected chi connectivity index (χ0v) is 3.64. The third-order valence-corrected chi connectivity index (χ3v) is 0. The van der Waals surface area contributed by atoms with Gasteiger partial charge in [0.25, 0.3) is 0 Å². The van der Waals surface area contributed by atoms with Crippen molar-refractivity contribution in [3.05, 3.63) is 0 Å². The fraction of sp³-hybridized carbons (Fsp3) is 0. The Labute approximate surface area is 33.8 Å². The Bertz CT molecular complexity index is 27.0. The van der Waals surface area contributed by atoms with Crippen LogP contribution in [0.4, 0.5) is 0 Å². The maximum atomic E-state index is 8.67. The van der Waals surface area contributed by atoms with Crippen molar-refractivity contribution in [2.75, 3.05) is 0 Å². The summed E-state index contributed by atoms with van der Waals surface area (Å²) in [6, 6.07) is 0. The maximum absolute atomic E-state index is 8.67. The second kappa shape index (κ2) is 10.8. The van der Waals surface area contributed by atoms with Crippen molar-refractivity contribution in [1.29, 1.82) is 0 Å². The molecule has 0 aliphatic carbocycles. The third kappa shape index (κ3) is 86.4. The van der Waals surface area contributed by atoms with Crippen molar-refractivity contribution < 1.29 is 28.7 Å². The molecule has 0 saturated heterocycles. The zero-order valence-electron chi connectivity index (χ0n) is 1.79. The van der Waals surface area contributed by atoms with Gasteiger partial charge in [0.1, 0.15) is 0 Å². The molecular weight excluding hydrogens is 142 g/mol. The van der Waals surface area contributed by atoms with E-state index in [1.54, 1.807) is 0 Å². The summed E-state index contributed by atoms with van der Waals surface area (Å²) in [5, 5.41) is 0. The van der Waals surface area contributed by atoms with Crippen LogP contribution in [0.2, 0.25) is 0 Å². The van der Waals surface area contributed by atoms with Gasteiger partial charge in [-0.15, -0.1) is 0 Å². The number of hydrogen-bond acceptors (Lipinski definition) is 1. The van der Waals surface area contributed by atoms with Crippen LogP contribution in [0.15, 0.2) is 0 Å². The molecule has 0 unspecified atom stereocenters. The van der Waals surface area contributed by atoms with Gasteiger partial charge in [0.2, 0.25) is 0 Å². The van der Waals surface area contributed by atoms with Crippen molar-refractivity contribution >= 4 is 4.39 Å². The molecule has 0 aromatic rings. The Morgan fingerprint density at radius 3 is 1.75 bits per heavy atom. The molecule has 3 heteroatoms. The molecule has 0 heterocycles. The molecule has 0 rings (SSSR count). The van der Waals surface area contributed by atoms with E-state index in [4.69, 9.17) is 4.79 Å². The Hall–Kier alpha value is 0.189. The summed E-state index contributed by atoms with van der Waals surface area (Å²) in [4.78, 5) is 8.67. The monoisotopic (exact) mass is 143 g/mol. The van der Waals surface area contributed by atoms with Crippen molar-refractivity contribution in [2.24, 2.45) is 0 Å². The van der Waals surface area contributed by atoms with Crippen LogP contribution >= 0.6 is 0 Å². The molecular formula is CH2O2Tc. The Morgan fingerprint density at radius 1 is 1.75 bits per heavy atom. The van der Waals surface area contributed by atoms with Gasteiger partial charge >= 0.3 is 27.6 Å². The van der Waals surface area contributed by atoms with Gasteiger partial charge in [0, 0.05) is 0 Å². The molecule has 0 fully saturated rings. The van der Waals surface area contributed by atoms with Gasteiger partial charge in [0.15, 0.2) is 0 Å². The van der Waals surface area contributed by atoms with E-state index in [0.717, 1.165) is 0 Å². The van der Waals surface area contributed by atoms with Crippen LogP contribution in [-0.4, -0.2) is 9.87 Å². The second-order valence-electron chi connectivity index (χ2n) is 0.0772. The van der Waals surface area contributed by atoms with Crippen LogP contribution in [-0.2, 0) is 23.2 Å². The quantitative estimate of drug-likeness (QED) is 0.420. The summed E-state index contributed by atoms with van der Waals surface area (Å²) in [7, 11) is 0. The molecule has 4 heavy (non-hydrogen) atoms. The predicted molar refractivity (Wildman–Crippen MR) is 9.31 cm³/mol. The number of rotatable bonds is 0. The van der Waals surface area contributed by atoms with Crippen LogP contribution in [0.25, 0.3) is 0 Å². The summed E-state index contributed by atoms with van der Waals surface area (Å²) in [6.45, 7) is 0. The van der Waals surface area contributed by atoms with E-state index in [2.05, 4.69) is 0 Å². The van der Waals surface area contributed by atoms with Gasteiger partial charge in [-0.05, 0) is 0 Å². The van der Waals surface area contributed by atoms with Gasteiger partial charge in [-0.25, -0.2) is 0 Å². The molecule has 2 nitrogen and oxygen atoms in total. The van der Waals surface area contributed by atoms with Crippen LogP contribution in [0.5, 0.6) is 0 Å². The molecule has 25 valence electrons. The topological polar surface area (TPSA) is 48.6 Å². The molecule has 0 bridgehead atoms. The normalized spacial score (nSPS) is 2.00. The fourth-order valence-electron chi connectivity index (χ4n) is 0. The van der Waals surface area contributed by atoms with Gasteiger partial charge in [-0.2, -0.15) is 0 Å². The second-order valence-corrected chi connectivity index (χ2v) is 0.456. The van der Waals surface area contributed by atoms with Gasteiger partial charge in [-0.3, -0.25) is 0 Å². The third-order valence-electron chi connectivity index (χ3n) is 0. The first-order chi connectivity index (χ1) is 1.41. The molecule has 0 spiro atoms. The molecule has 0 radical (unpaired) electrons. The number of carbonyl (C=O) groups excluding carboxylic acids is 1. The molecule has 0 amide bonds. The number of hydrogen-bond donors (Lipinski definition) is 0. The summed E-state index contributed by atoms with van der Waals surface area (Å²) in [6.07, 6.45) is 0. The summed E-state index contributed by atoms with van der Waals surface area (Å²) in [5.41, 5.74) is 0. The van der Waals surface area contributed by atoms with E-state index in [-0.39, 0.29) is 5.48 Å². The summed E-state index contributed by atoms with van der Waals surface area (Å²) < 4.78 is 1.47. The standard InChI is InChI=1S/CO.H2O.Tc/c1-2;;/h;1H2;.